The zero-order valence-corrected chi connectivity index (χ0v) is 17.4. The minimum atomic E-state index is -1.08. The van der Waals surface area contributed by atoms with Crippen LogP contribution in [0.1, 0.15) is 35.4 Å². The van der Waals surface area contributed by atoms with E-state index in [4.69, 9.17) is 5.11 Å². The number of amides is 1. The molecule has 0 radical (unpaired) electrons. The minimum Gasteiger partial charge on any atom is -0.465 e. The Bertz CT molecular complexity index is 999. The average molecular weight is 419 g/mol. The number of carbonyl (C=O) groups is 1. The molecular formula is C26H27FN2O2. The molecule has 3 aromatic rings. The number of rotatable bonds is 6. The van der Waals surface area contributed by atoms with E-state index in [0.717, 1.165) is 43.6 Å². The lowest BCUT2D eigenvalue weighted by molar-refractivity contribution is 0.168. The second-order valence-electron chi connectivity index (χ2n) is 8.18. The summed E-state index contributed by atoms with van der Waals surface area (Å²) in [5.41, 5.74) is 3.92. The number of nitrogens with one attached hydrogen (secondary N) is 1. The monoisotopic (exact) mass is 418 g/mol. The number of likely N-dealkylation sites (tertiary alicyclic amines) is 1. The maximum atomic E-state index is 14.0. The SMILES string of the molecule is O=C(O)Nc1ccc(C(c2cccc(F)c2)C2CCN(Cc3ccccc3)CC2)cc1. The fourth-order valence-electron chi connectivity index (χ4n) is 4.62. The van der Waals surface area contributed by atoms with Crippen molar-refractivity contribution in [3.05, 3.63) is 101 Å². The molecule has 31 heavy (non-hydrogen) atoms. The van der Waals surface area contributed by atoms with Gasteiger partial charge in [-0.2, -0.15) is 0 Å². The summed E-state index contributed by atoms with van der Waals surface area (Å²) in [4.78, 5) is 13.4. The van der Waals surface area contributed by atoms with Gasteiger partial charge in [-0.15, -0.1) is 0 Å². The van der Waals surface area contributed by atoms with Gasteiger partial charge in [0.2, 0.25) is 0 Å². The summed E-state index contributed by atoms with van der Waals surface area (Å²) in [6.07, 6.45) is 0.979. The highest BCUT2D eigenvalue weighted by atomic mass is 19.1. The lowest BCUT2D eigenvalue weighted by atomic mass is 9.76. The number of anilines is 1. The second kappa shape index (κ2) is 9.75. The number of hydrogen-bond acceptors (Lipinski definition) is 2. The van der Waals surface area contributed by atoms with Gasteiger partial charge in [-0.3, -0.25) is 10.2 Å². The van der Waals surface area contributed by atoms with Gasteiger partial charge in [-0.25, -0.2) is 9.18 Å². The van der Waals surface area contributed by atoms with Crippen LogP contribution in [0.15, 0.2) is 78.9 Å². The van der Waals surface area contributed by atoms with E-state index in [2.05, 4.69) is 34.5 Å². The van der Waals surface area contributed by atoms with Crippen LogP contribution in [-0.4, -0.2) is 29.2 Å². The van der Waals surface area contributed by atoms with Crippen molar-refractivity contribution in [3.8, 4) is 0 Å². The first-order valence-corrected chi connectivity index (χ1v) is 10.7. The Hall–Kier alpha value is -3.18. The highest BCUT2D eigenvalue weighted by Gasteiger charge is 2.29. The van der Waals surface area contributed by atoms with E-state index in [0.29, 0.717) is 11.6 Å². The Morgan fingerprint density at radius 1 is 0.968 bits per heavy atom. The molecule has 0 aliphatic carbocycles. The zero-order chi connectivity index (χ0) is 21.6. The number of benzene rings is 3. The van der Waals surface area contributed by atoms with Crippen LogP contribution in [0, 0.1) is 11.7 Å². The van der Waals surface area contributed by atoms with E-state index in [1.807, 2.05) is 24.3 Å². The van der Waals surface area contributed by atoms with Gasteiger partial charge in [0.1, 0.15) is 5.82 Å². The maximum Gasteiger partial charge on any atom is 0.409 e. The summed E-state index contributed by atoms with van der Waals surface area (Å²) in [5, 5.41) is 11.3. The summed E-state index contributed by atoms with van der Waals surface area (Å²) in [5.74, 6) is 0.244. The van der Waals surface area contributed by atoms with E-state index < -0.39 is 6.09 Å². The molecule has 1 amide bonds. The van der Waals surface area contributed by atoms with Crippen molar-refractivity contribution < 1.29 is 14.3 Å². The molecule has 0 spiro atoms. The first kappa shape index (κ1) is 21.1. The smallest absolute Gasteiger partial charge is 0.409 e. The van der Waals surface area contributed by atoms with Crippen LogP contribution < -0.4 is 5.32 Å². The summed E-state index contributed by atoms with van der Waals surface area (Å²) in [7, 11) is 0. The van der Waals surface area contributed by atoms with Crippen molar-refractivity contribution in [2.75, 3.05) is 18.4 Å². The van der Waals surface area contributed by atoms with Gasteiger partial charge in [-0.05, 0) is 72.8 Å². The van der Waals surface area contributed by atoms with Gasteiger partial charge in [0.15, 0.2) is 0 Å². The van der Waals surface area contributed by atoms with Crippen LogP contribution >= 0.6 is 0 Å². The first-order chi connectivity index (χ1) is 15.1. The fourth-order valence-corrected chi connectivity index (χ4v) is 4.62. The zero-order valence-electron chi connectivity index (χ0n) is 17.4. The lowest BCUT2D eigenvalue weighted by Crippen LogP contribution is -2.35. The van der Waals surface area contributed by atoms with E-state index >= 15 is 0 Å². The molecule has 1 saturated heterocycles. The number of piperidine rings is 1. The summed E-state index contributed by atoms with van der Waals surface area (Å²) < 4.78 is 14.0. The summed E-state index contributed by atoms with van der Waals surface area (Å²) in [6, 6.07) is 24.8. The normalized spacial score (nSPS) is 16.0. The molecular weight excluding hydrogens is 391 g/mol. The van der Waals surface area contributed by atoms with Crippen molar-refractivity contribution in [1.82, 2.24) is 4.90 Å². The van der Waals surface area contributed by atoms with Gasteiger partial charge in [0.05, 0.1) is 0 Å². The molecule has 1 fully saturated rings. The molecule has 1 heterocycles. The molecule has 0 saturated carbocycles. The Morgan fingerprint density at radius 2 is 1.68 bits per heavy atom. The Kier molecular flexibility index (Phi) is 6.63. The predicted octanol–water partition coefficient (Wildman–Crippen LogP) is 5.96. The lowest BCUT2D eigenvalue weighted by Gasteiger charge is -2.36. The second-order valence-corrected chi connectivity index (χ2v) is 8.18. The number of carboxylic acid groups (broad SMARTS) is 1. The molecule has 160 valence electrons. The third-order valence-electron chi connectivity index (χ3n) is 6.08. The fraction of sp³-hybridized carbons (Fsp3) is 0.269. The van der Waals surface area contributed by atoms with Crippen LogP contribution in [0.3, 0.4) is 0 Å². The third-order valence-corrected chi connectivity index (χ3v) is 6.08. The summed E-state index contributed by atoms with van der Waals surface area (Å²) >= 11 is 0. The summed E-state index contributed by atoms with van der Waals surface area (Å²) in [6.45, 7) is 2.96. The van der Waals surface area contributed by atoms with Crippen molar-refractivity contribution in [2.45, 2.75) is 25.3 Å². The molecule has 1 aliphatic rings. The van der Waals surface area contributed by atoms with E-state index in [1.165, 1.54) is 11.6 Å². The average Bonchev–Trinajstić information content (AvgIpc) is 2.77. The molecule has 4 rings (SSSR count). The van der Waals surface area contributed by atoms with Crippen molar-refractivity contribution in [3.63, 3.8) is 0 Å². The predicted molar refractivity (Wildman–Crippen MR) is 121 cm³/mol. The molecule has 3 aromatic carbocycles. The molecule has 1 atom stereocenters. The molecule has 0 aromatic heterocycles. The van der Waals surface area contributed by atoms with E-state index in [1.54, 1.807) is 24.3 Å². The maximum absolute atomic E-state index is 14.0. The van der Waals surface area contributed by atoms with Crippen LogP contribution in [0.2, 0.25) is 0 Å². The standard InChI is InChI=1S/C26H27FN2O2/c27-23-8-4-7-22(17-23)25(20-9-11-24(12-10-20)28-26(30)31)21-13-15-29(16-14-21)18-19-5-2-1-3-6-19/h1-12,17,21,25,28H,13-16,18H2,(H,30,31). The van der Waals surface area contributed by atoms with E-state index in [-0.39, 0.29) is 11.7 Å². The molecule has 4 nitrogen and oxygen atoms in total. The van der Waals surface area contributed by atoms with Crippen molar-refractivity contribution in [1.29, 1.82) is 0 Å². The molecule has 0 bridgehead atoms. The van der Waals surface area contributed by atoms with Gasteiger partial charge >= 0.3 is 6.09 Å². The van der Waals surface area contributed by atoms with E-state index in [9.17, 15) is 9.18 Å². The Morgan fingerprint density at radius 3 is 2.32 bits per heavy atom. The molecule has 5 heteroatoms. The largest absolute Gasteiger partial charge is 0.465 e. The third kappa shape index (κ3) is 5.50. The van der Waals surface area contributed by atoms with Gasteiger partial charge in [0.25, 0.3) is 0 Å². The molecule has 1 unspecified atom stereocenters. The van der Waals surface area contributed by atoms with Gasteiger partial charge in [-0.1, -0.05) is 54.6 Å². The minimum absolute atomic E-state index is 0.0773. The molecule has 1 aliphatic heterocycles. The van der Waals surface area contributed by atoms with Crippen LogP contribution in [0.5, 0.6) is 0 Å². The topological polar surface area (TPSA) is 52.6 Å². The quantitative estimate of drug-likeness (QED) is 0.519. The van der Waals surface area contributed by atoms with Crippen LogP contribution in [-0.2, 0) is 6.54 Å². The highest BCUT2D eigenvalue weighted by molar-refractivity contribution is 5.82. The number of hydrogen-bond donors (Lipinski definition) is 2. The number of halogens is 1. The van der Waals surface area contributed by atoms with Gasteiger partial charge < -0.3 is 5.11 Å². The Balaban J connectivity index is 1.52. The number of nitrogens with zero attached hydrogens (tertiary/aromatic N) is 1. The first-order valence-electron chi connectivity index (χ1n) is 10.7. The van der Waals surface area contributed by atoms with Crippen LogP contribution in [0.25, 0.3) is 0 Å². The highest BCUT2D eigenvalue weighted by Crippen LogP contribution is 2.38. The van der Waals surface area contributed by atoms with Gasteiger partial charge in [0, 0.05) is 18.2 Å². The Labute approximate surface area is 182 Å². The molecule has 2 N–H and O–H groups in total. The van der Waals surface area contributed by atoms with Crippen molar-refractivity contribution in [2.24, 2.45) is 5.92 Å². The van der Waals surface area contributed by atoms with Crippen molar-refractivity contribution >= 4 is 11.8 Å². The van der Waals surface area contributed by atoms with Crippen LogP contribution in [0.4, 0.5) is 14.9 Å².